The third kappa shape index (κ3) is 9.12. The number of carbonyl (C=O) groups is 5. The Morgan fingerprint density at radius 3 is 2.36 bits per heavy atom. The normalized spacial score (nSPS) is 18.5. The van der Waals surface area contributed by atoms with E-state index in [0.29, 0.717) is 5.57 Å². The summed E-state index contributed by atoms with van der Waals surface area (Å²) in [5.41, 5.74) is -0.0397. The molecule has 45 heavy (non-hydrogen) atoms. The van der Waals surface area contributed by atoms with Crippen LogP contribution in [0.2, 0.25) is 0 Å². The van der Waals surface area contributed by atoms with Gasteiger partial charge in [0.25, 0.3) is 21.9 Å². The Balaban J connectivity index is 1.67. The maximum absolute atomic E-state index is 13.2. The molecule has 2 amide bonds. The zero-order valence-electron chi connectivity index (χ0n) is 25.6. The number of rotatable bonds is 14. The molecule has 1 saturated heterocycles. The highest BCUT2D eigenvalue weighted by Gasteiger charge is 2.55. The number of β-lactam (4-membered cyclic amide) rings is 1. The second-order valence-electron chi connectivity index (χ2n) is 11.1. The molecule has 15 nitrogen and oxygen atoms in total. The van der Waals surface area contributed by atoms with Crippen molar-refractivity contribution >= 4 is 57.1 Å². The first-order chi connectivity index (χ1) is 21.1. The molecule has 0 aliphatic carbocycles. The standard InChI is InChI=1S/C28H35N3O12S2/c1-16-7-9-18(10-8-16)45(37,38)43-13-19(32)21(30-40-6)24(34)29-22-25(35)31-23(17(12-39-5)14-44-26(22)31)27(36)42-15-41-20(33)11-28(2,3)4/h7-10,22,26H,11-15H2,1-6H3,(H,29,34)/t22?,26-/m0/s1. The molecular weight excluding hydrogens is 634 g/mol. The third-order valence-electron chi connectivity index (χ3n) is 6.25. The van der Waals surface area contributed by atoms with Crippen LogP contribution in [0.5, 0.6) is 0 Å². The number of oxime groups is 1. The number of nitrogens with one attached hydrogen (secondary N) is 1. The van der Waals surface area contributed by atoms with Gasteiger partial charge in [0.15, 0.2) is 0 Å². The molecule has 3 rings (SSSR count). The number of esters is 2. The quantitative estimate of drug-likeness (QED) is 0.0563. The molecule has 2 aliphatic rings. The van der Waals surface area contributed by atoms with Crippen LogP contribution >= 0.6 is 11.8 Å². The number of Topliss-reactive ketones (excluding diaryl/α,β-unsaturated/α-hetero) is 1. The molecule has 2 heterocycles. The summed E-state index contributed by atoms with van der Waals surface area (Å²) in [6, 6.07) is 4.52. The van der Waals surface area contributed by atoms with Gasteiger partial charge in [0, 0.05) is 12.9 Å². The number of benzene rings is 1. The van der Waals surface area contributed by atoms with Crippen molar-refractivity contribution in [2.75, 3.05) is 40.0 Å². The lowest BCUT2D eigenvalue weighted by Crippen LogP contribution is -2.71. The van der Waals surface area contributed by atoms with E-state index in [1.807, 2.05) is 20.8 Å². The van der Waals surface area contributed by atoms with Crippen molar-refractivity contribution < 1.29 is 55.6 Å². The maximum atomic E-state index is 13.2. The number of ketones is 1. The van der Waals surface area contributed by atoms with Gasteiger partial charge in [-0.05, 0) is 30.0 Å². The van der Waals surface area contributed by atoms with Gasteiger partial charge in [0.2, 0.25) is 18.3 Å². The molecule has 246 valence electrons. The van der Waals surface area contributed by atoms with Gasteiger partial charge in [0.1, 0.15) is 30.8 Å². The zero-order valence-corrected chi connectivity index (χ0v) is 27.2. The van der Waals surface area contributed by atoms with Crippen molar-refractivity contribution in [1.29, 1.82) is 0 Å². The third-order valence-corrected chi connectivity index (χ3v) is 8.86. The van der Waals surface area contributed by atoms with Gasteiger partial charge < -0.3 is 24.4 Å². The number of thioether (sulfide) groups is 1. The van der Waals surface area contributed by atoms with E-state index in [2.05, 4.69) is 15.3 Å². The van der Waals surface area contributed by atoms with Gasteiger partial charge in [-0.25, -0.2) is 4.79 Å². The summed E-state index contributed by atoms with van der Waals surface area (Å²) in [6.45, 7) is 5.57. The van der Waals surface area contributed by atoms with Crippen LogP contribution in [0.4, 0.5) is 0 Å². The average Bonchev–Trinajstić information content (AvgIpc) is 2.96. The number of carbonyl (C=O) groups excluding carboxylic acids is 5. The Hall–Kier alpha value is -3.80. The molecule has 0 spiro atoms. The Labute approximate surface area is 264 Å². The van der Waals surface area contributed by atoms with Gasteiger partial charge in [-0.2, -0.15) is 8.42 Å². The molecule has 1 aromatic rings. The van der Waals surface area contributed by atoms with Crippen LogP contribution in [0.25, 0.3) is 0 Å². The Bertz CT molecular complexity index is 1500. The zero-order chi connectivity index (χ0) is 33.5. The first kappa shape index (κ1) is 35.7. The minimum absolute atomic E-state index is 0.000581. The molecule has 0 radical (unpaired) electrons. The van der Waals surface area contributed by atoms with E-state index in [1.165, 1.54) is 31.0 Å². The summed E-state index contributed by atoms with van der Waals surface area (Å²) >= 11 is 1.22. The van der Waals surface area contributed by atoms with Crippen molar-refractivity contribution in [3.8, 4) is 0 Å². The molecule has 17 heteroatoms. The molecule has 1 unspecified atom stereocenters. The van der Waals surface area contributed by atoms with E-state index >= 15 is 0 Å². The van der Waals surface area contributed by atoms with E-state index in [9.17, 15) is 32.4 Å². The predicted octanol–water partition coefficient (Wildman–Crippen LogP) is 1.05. The van der Waals surface area contributed by atoms with E-state index < -0.39 is 70.2 Å². The lowest BCUT2D eigenvalue weighted by molar-refractivity contribution is -0.169. The fourth-order valence-electron chi connectivity index (χ4n) is 4.15. The number of aryl methyl sites for hydroxylation is 1. The Morgan fingerprint density at radius 1 is 1.09 bits per heavy atom. The summed E-state index contributed by atoms with van der Waals surface area (Å²) in [5.74, 6) is -4.23. The molecule has 1 aromatic carbocycles. The maximum Gasteiger partial charge on any atom is 0.358 e. The highest BCUT2D eigenvalue weighted by molar-refractivity contribution is 8.00. The van der Waals surface area contributed by atoms with Gasteiger partial charge in [-0.1, -0.05) is 43.6 Å². The van der Waals surface area contributed by atoms with E-state index in [1.54, 1.807) is 19.1 Å². The van der Waals surface area contributed by atoms with E-state index in [0.717, 1.165) is 17.6 Å². The smallest absolute Gasteiger partial charge is 0.358 e. The van der Waals surface area contributed by atoms with Crippen LogP contribution in [0.1, 0.15) is 32.8 Å². The van der Waals surface area contributed by atoms with Crippen molar-refractivity contribution in [1.82, 2.24) is 10.2 Å². The largest absolute Gasteiger partial charge is 0.428 e. The average molecular weight is 670 g/mol. The highest BCUT2D eigenvalue weighted by Crippen LogP contribution is 2.40. The second kappa shape index (κ2) is 15.0. The molecule has 0 aromatic heterocycles. The van der Waals surface area contributed by atoms with Crippen molar-refractivity contribution in [2.45, 2.75) is 50.4 Å². The van der Waals surface area contributed by atoms with Crippen LogP contribution in [0.15, 0.2) is 45.6 Å². The predicted molar refractivity (Wildman–Crippen MR) is 159 cm³/mol. The number of hydrogen-bond donors (Lipinski definition) is 1. The summed E-state index contributed by atoms with van der Waals surface area (Å²) in [6.07, 6.45) is 0.0957. The minimum Gasteiger partial charge on any atom is -0.428 e. The molecule has 0 bridgehead atoms. The second-order valence-corrected chi connectivity index (χ2v) is 13.8. The SMILES string of the molecule is COCC1=C(C(=O)OCOC(=O)CC(C)(C)C)N2C(=O)C(NC(=O)C(=NOC)C(=O)COS(=O)(=O)c3ccc(C)cc3)[C@@H]2SC1. The van der Waals surface area contributed by atoms with E-state index in [4.69, 9.17) is 18.4 Å². The van der Waals surface area contributed by atoms with Crippen LogP contribution in [0.3, 0.4) is 0 Å². The van der Waals surface area contributed by atoms with Gasteiger partial charge in [-0.15, -0.1) is 11.8 Å². The fourth-order valence-corrected chi connectivity index (χ4v) is 6.35. The number of fused-ring (bicyclic) bond motifs is 1. The van der Waals surface area contributed by atoms with Crippen molar-refractivity contribution in [3.63, 3.8) is 0 Å². The topological polar surface area (TPSA) is 193 Å². The molecular formula is C28H35N3O12S2. The summed E-state index contributed by atoms with van der Waals surface area (Å²) < 4.78 is 45.0. The number of nitrogens with zero attached hydrogens (tertiary/aromatic N) is 2. The monoisotopic (exact) mass is 669 g/mol. The van der Waals surface area contributed by atoms with Gasteiger partial charge >= 0.3 is 11.9 Å². The number of methoxy groups -OCH3 is 1. The molecule has 0 saturated carbocycles. The van der Waals surface area contributed by atoms with Crippen LogP contribution < -0.4 is 5.32 Å². The van der Waals surface area contributed by atoms with Crippen molar-refractivity contribution in [3.05, 3.63) is 41.1 Å². The molecule has 2 aliphatic heterocycles. The number of amides is 2. The number of hydrogen-bond acceptors (Lipinski definition) is 14. The Kier molecular flexibility index (Phi) is 11.9. The first-order valence-corrected chi connectivity index (χ1v) is 15.9. The first-order valence-electron chi connectivity index (χ1n) is 13.5. The lowest BCUT2D eigenvalue weighted by Gasteiger charge is -2.49. The van der Waals surface area contributed by atoms with Crippen LogP contribution in [0, 0.1) is 12.3 Å². The summed E-state index contributed by atoms with van der Waals surface area (Å²) in [5, 5.41) is 5.02. The van der Waals surface area contributed by atoms with E-state index in [-0.39, 0.29) is 34.8 Å². The Morgan fingerprint density at radius 2 is 1.76 bits per heavy atom. The van der Waals surface area contributed by atoms with Crippen LogP contribution in [-0.2, 0) is 57.3 Å². The lowest BCUT2D eigenvalue weighted by atomic mass is 9.93. The molecule has 1 N–H and O–H groups in total. The van der Waals surface area contributed by atoms with Gasteiger partial charge in [-0.3, -0.25) is 28.3 Å². The number of ether oxygens (including phenoxy) is 3. The van der Waals surface area contributed by atoms with Crippen LogP contribution in [-0.4, -0.2) is 100.0 Å². The molecule has 1 fully saturated rings. The summed E-state index contributed by atoms with van der Waals surface area (Å²) in [7, 11) is -1.86. The highest BCUT2D eigenvalue weighted by atomic mass is 32.2. The van der Waals surface area contributed by atoms with Gasteiger partial charge in [0.05, 0.1) is 17.9 Å². The summed E-state index contributed by atoms with van der Waals surface area (Å²) in [4.78, 5) is 69.5. The fraction of sp³-hybridized carbons (Fsp3) is 0.500. The molecule has 2 atom stereocenters. The van der Waals surface area contributed by atoms with Crippen molar-refractivity contribution in [2.24, 2.45) is 10.6 Å². The minimum atomic E-state index is -4.33.